The molecule has 56 heavy (non-hydrogen) atoms. The van der Waals surface area contributed by atoms with E-state index in [1.807, 2.05) is 11.3 Å². The summed E-state index contributed by atoms with van der Waals surface area (Å²) in [5, 5.41) is 13.0. The molecule has 11 aromatic rings. The molecule has 12 rings (SSSR count). The molecule has 0 bridgehead atoms. The predicted molar refractivity (Wildman–Crippen MR) is 243 cm³/mol. The average molecular weight is 729 g/mol. The molecule has 0 fully saturated rings. The van der Waals surface area contributed by atoms with Gasteiger partial charge in [0, 0.05) is 25.6 Å². The van der Waals surface area contributed by atoms with E-state index in [9.17, 15) is 0 Å². The molecule has 0 unspecified atom stereocenters. The molecule has 0 amide bonds. The molecule has 0 spiro atoms. The minimum absolute atomic E-state index is 0.0994. The van der Waals surface area contributed by atoms with Gasteiger partial charge in [0.2, 0.25) is 0 Å². The lowest BCUT2D eigenvalue weighted by atomic mass is 9.80. The van der Waals surface area contributed by atoms with E-state index in [1.54, 1.807) is 0 Å². The molecule has 10 aromatic carbocycles. The summed E-state index contributed by atoms with van der Waals surface area (Å²) >= 11 is 1.95. The Balaban J connectivity index is 1.03. The summed E-state index contributed by atoms with van der Waals surface area (Å²) in [5.74, 6) is 0. The first-order valence-electron chi connectivity index (χ1n) is 19.6. The standard InChI is InChI=1S/C55H36S/c1-55(2)52-39-19-6-4-14-34(39)25-27-45(52)46-28-29-47-48-32-36(26-30-49(48)56-54(47)53(46)55)35-16-11-17-37(31-35)50-41-20-7-9-22-43(41)51(44-23-10-8-21-42(44)50)40-24-12-15-33-13-3-5-18-38(33)40/h3-32H,1-2H3. The van der Waals surface area contributed by atoms with E-state index < -0.39 is 0 Å². The molecule has 0 saturated carbocycles. The summed E-state index contributed by atoms with van der Waals surface area (Å²) in [6, 6.07) is 68.0. The zero-order chi connectivity index (χ0) is 37.1. The fourth-order valence-electron chi connectivity index (χ4n) is 10.2. The molecule has 1 aliphatic carbocycles. The van der Waals surface area contributed by atoms with Crippen molar-refractivity contribution in [2.24, 2.45) is 0 Å². The van der Waals surface area contributed by atoms with Gasteiger partial charge in [0.05, 0.1) is 0 Å². The van der Waals surface area contributed by atoms with Gasteiger partial charge in [0.15, 0.2) is 0 Å². The molecule has 1 aliphatic rings. The minimum atomic E-state index is -0.0994. The average Bonchev–Trinajstić information content (AvgIpc) is 3.73. The summed E-state index contributed by atoms with van der Waals surface area (Å²) in [7, 11) is 0. The number of hydrogen-bond acceptors (Lipinski definition) is 1. The molecular weight excluding hydrogens is 693 g/mol. The summed E-state index contributed by atoms with van der Waals surface area (Å²) in [6.45, 7) is 4.85. The second-order valence-corrected chi connectivity index (χ2v) is 17.0. The van der Waals surface area contributed by atoms with Crippen LogP contribution in [0, 0.1) is 0 Å². The number of benzene rings is 10. The van der Waals surface area contributed by atoms with Crippen LogP contribution >= 0.6 is 11.3 Å². The van der Waals surface area contributed by atoms with Crippen LogP contribution in [0.4, 0.5) is 0 Å². The topological polar surface area (TPSA) is 0 Å². The Morgan fingerprint density at radius 1 is 0.339 bits per heavy atom. The Hall–Kier alpha value is -6.54. The first-order valence-corrected chi connectivity index (χ1v) is 20.4. The van der Waals surface area contributed by atoms with Crippen molar-refractivity contribution < 1.29 is 0 Å². The van der Waals surface area contributed by atoms with Crippen LogP contribution in [0.5, 0.6) is 0 Å². The zero-order valence-corrected chi connectivity index (χ0v) is 32.0. The molecule has 1 heterocycles. The second kappa shape index (κ2) is 11.7. The van der Waals surface area contributed by atoms with Gasteiger partial charge in [-0.15, -0.1) is 11.3 Å². The third-order valence-electron chi connectivity index (χ3n) is 12.6. The monoisotopic (exact) mass is 728 g/mol. The van der Waals surface area contributed by atoms with Crippen LogP contribution in [0.3, 0.4) is 0 Å². The lowest BCUT2D eigenvalue weighted by Crippen LogP contribution is -2.15. The fourth-order valence-corrected chi connectivity index (χ4v) is 11.6. The number of fused-ring (bicyclic) bond motifs is 12. The van der Waals surface area contributed by atoms with Gasteiger partial charge in [0.25, 0.3) is 0 Å². The molecule has 1 heteroatoms. The first kappa shape index (κ1) is 31.8. The predicted octanol–water partition coefficient (Wildman–Crippen LogP) is 16.0. The quantitative estimate of drug-likeness (QED) is 0.159. The molecule has 0 nitrogen and oxygen atoms in total. The normalized spacial score (nSPS) is 13.3. The Morgan fingerprint density at radius 2 is 0.893 bits per heavy atom. The van der Waals surface area contributed by atoms with Crippen LogP contribution < -0.4 is 0 Å². The van der Waals surface area contributed by atoms with Crippen LogP contribution in [0.1, 0.15) is 25.0 Å². The van der Waals surface area contributed by atoms with Gasteiger partial charge in [-0.05, 0) is 117 Å². The number of thiophene rings is 1. The molecule has 262 valence electrons. The van der Waals surface area contributed by atoms with Gasteiger partial charge in [-0.25, -0.2) is 0 Å². The third kappa shape index (κ3) is 4.41. The van der Waals surface area contributed by atoms with Crippen molar-refractivity contribution in [3.05, 3.63) is 193 Å². The van der Waals surface area contributed by atoms with Crippen LogP contribution in [0.2, 0.25) is 0 Å². The molecule has 0 radical (unpaired) electrons. The van der Waals surface area contributed by atoms with E-state index in [-0.39, 0.29) is 5.41 Å². The van der Waals surface area contributed by atoms with E-state index in [4.69, 9.17) is 0 Å². The highest BCUT2D eigenvalue weighted by Crippen LogP contribution is 2.56. The smallest absolute Gasteiger partial charge is 0.0402 e. The van der Waals surface area contributed by atoms with Crippen molar-refractivity contribution in [1.82, 2.24) is 0 Å². The highest BCUT2D eigenvalue weighted by atomic mass is 32.1. The molecule has 0 N–H and O–H groups in total. The summed E-state index contributed by atoms with van der Waals surface area (Å²) in [5.41, 5.74) is 13.2. The molecule has 0 aliphatic heterocycles. The highest BCUT2D eigenvalue weighted by Gasteiger charge is 2.39. The van der Waals surface area contributed by atoms with E-state index in [0.717, 1.165) is 0 Å². The van der Waals surface area contributed by atoms with Crippen LogP contribution in [0.15, 0.2) is 182 Å². The number of hydrogen-bond donors (Lipinski definition) is 0. The second-order valence-electron chi connectivity index (χ2n) is 16.0. The van der Waals surface area contributed by atoms with E-state index in [1.165, 1.54) is 119 Å². The van der Waals surface area contributed by atoms with Gasteiger partial charge >= 0.3 is 0 Å². The molecule has 1 aromatic heterocycles. The Morgan fingerprint density at radius 3 is 1.64 bits per heavy atom. The Bertz CT molecular complexity index is 3390. The van der Waals surface area contributed by atoms with Gasteiger partial charge in [0.1, 0.15) is 0 Å². The van der Waals surface area contributed by atoms with E-state index >= 15 is 0 Å². The van der Waals surface area contributed by atoms with Gasteiger partial charge in [-0.3, -0.25) is 0 Å². The van der Waals surface area contributed by atoms with Crippen LogP contribution in [-0.2, 0) is 5.41 Å². The lowest BCUT2D eigenvalue weighted by Gasteiger charge is -2.23. The SMILES string of the molecule is CC1(C)c2c(ccc3ccccc23)-c2ccc3c(sc4ccc(-c5cccc(-c6c7ccccc7c(-c7cccc8ccccc78)c7ccccc67)c5)cc43)c21. The summed E-state index contributed by atoms with van der Waals surface area (Å²) in [6.07, 6.45) is 0. The van der Waals surface area contributed by atoms with Crippen molar-refractivity contribution in [3.8, 4) is 44.5 Å². The largest absolute Gasteiger partial charge is 0.135 e. The van der Waals surface area contributed by atoms with Crippen molar-refractivity contribution >= 4 is 74.6 Å². The highest BCUT2D eigenvalue weighted by molar-refractivity contribution is 7.26. The molecule has 0 saturated heterocycles. The van der Waals surface area contributed by atoms with Crippen molar-refractivity contribution in [3.63, 3.8) is 0 Å². The van der Waals surface area contributed by atoms with Crippen molar-refractivity contribution in [2.75, 3.05) is 0 Å². The fraction of sp³-hybridized carbons (Fsp3) is 0.0545. The number of rotatable bonds is 3. The first-order chi connectivity index (χ1) is 27.5. The molecule has 0 atom stereocenters. The summed E-state index contributed by atoms with van der Waals surface area (Å²) in [4.78, 5) is 0. The zero-order valence-electron chi connectivity index (χ0n) is 31.2. The van der Waals surface area contributed by atoms with Crippen LogP contribution in [-0.4, -0.2) is 0 Å². The molecular formula is C55H36S. The van der Waals surface area contributed by atoms with Crippen molar-refractivity contribution in [1.29, 1.82) is 0 Å². The van der Waals surface area contributed by atoms with Gasteiger partial charge in [-0.2, -0.15) is 0 Å². The third-order valence-corrected chi connectivity index (χ3v) is 13.8. The maximum Gasteiger partial charge on any atom is 0.0402 e. The maximum atomic E-state index is 2.43. The van der Waals surface area contributed by atoms with Gasteiger partial charge < -0.3 is 0 Å². The maximum absolute atomic E-state index is 2.43. The van der Waals surface area contributed by atoms with Crippen molar-refractivity contribution in [2.45, 2.75) is 19.3 Å². The van der Waals surface area contributed by atoms with Crippen LogP contribution in [0.25, 0.3) is 108 Å². The lowest BCUT2D eigenvalue weighted by molar-refractivity contribution is 0.673. The minimum Gasteiger partial charge on any atom is -0.135 e. The Labute approximate surface area is 329 Å². The Kier molecular flexibility index (Phi) is 6.66. The summed E-state index contributed by atoms with van der Waals surface area (Å²) < 4.78 is 2.75. The van der Waals surface area contributed by atoms with Gasteiger partial charge in [-0.1, -0.05) is 178 Å². The van der Waals surface area contributed by atoms with E-state index in [2.05, 4.69) is 196 Å². The van der Waals surface area contributed by atoms with E-state index in [0.29, 0.717) is 0 Å².